The standard InChI is InChI=1S/C15H9N2/c1-2-6-13-11(4-1)15-10-5-3-9-16-12(10)7-8-14(15)17-13/h1-6,8-9,16H. The zero-order chi connectivity index (χ0) is 11.2. The molecule has 4 aromatic rings. The Morgan fingerprint density at radius 3 is 2.82 bits per heavy atom. The van der Waals surface area contributed by atoms with Gasteiger partial charge in [-0.3, -0.25) is 0 Å². The molecule has 2 heterocycles. The van der Waals surface area contributed by atoms with Crippen molar-refractivity contribution >= 4 is 32.7 Å². The first-order valence-corrected chi connectivity index (χ1v) is 5.60. The van der Waals surface area contributed by atoms with Gasteiger partial charge in [0.05, 0.1) is 16.6 Å². The van der Waals surface area contributed by atoms with E-state index in [9.17, 15) is 0 Å². The molecule has 0 unspecified atom stereocenters. The van der Waals surface area contributed by atoms with Crippen LogP contribution in [0.5, 0.6) is 0 Å². The molecule has 0 aliphatic carbocycles. The molecule has 0 saturated heterocycles. The van der Waals surface area contributed by atoms with Crippen LogP contribution in [-0.2, 0) is 0 Å². The summed E-state index contributed by atoms with van der Waals surface area (Å²) in [7, 11) is 0. The van der Waals surface area contributed by atoms with E-state index >= 15 is 0 Å². The number of pyridine rings is 1. The maximum Gasteiger partial charge on any atom is 0.0730 e. The number of aromatic nitrogens is 2. The quantitative estimate of drug-likeness (QED) is 0.478. The van der Waals surface area contributed by atoms with Crippen LogP contribution in [0.4, 0.5) is 0 Å². The number of hydrogen-bond acceptors (Lipinski definition) is 1. The van der Waals surface area contributed by atoms with Crippen molar-refractivity contribution in [3.63, 3.8) is 0 Å². The number of fused-ring (bicyclic) bond motifs is 5. The van der Waals surface area contributed by atoms with Crippen LogP contribution in [0.15, 0.2) is 48.7 Å². The summed E-state index contributed by atoms with van der Waals surface area (Å²) in [6.45, 7) is 0. The summed E-state index contributed by atoms with van der Waals surface area (Å²) < 4.78 is 0. The highest BCUT2D eigenvalue weighted by Crippen LogP contribution is 2.30. The van der Waals surface area contributed by atoms with Gasteiger partial charge in [0.1, 0.15) is 0 Å². The maximum atomic E-state index is 4.62. The lowest BCUT2D eigenvalue weighted by molar-refractivity contribution is 1.41. The fraction of sp³-hybridized carbons (Fsp3) is 0. The highest BCUT2D eigenvalue weighted by molar-refractivity contribution is 6.19. The van der Waals surface area contributed by atoms with Crippen LogP contribution in [0, 0.1) is 6.07 Å². The summed E-state index contributed by atoms with van der Waals surface area (Å²) in [6, 6.07) is 17.6. The van der Waals surface area contributed by atoms with Gasteiger partial charge in [-0.2, -0.15) is 0 Å². The van der Waals surface area contributed by atoms with Crippen LogP contribution < -0.4 is 0 Å². The van der Waals surface area contributed by atoms with Gasteiger partial charge < -0.3 is 4.98 Å². The molecule has 17 heavy (non-hydrogen) atoms. The topological polar surface area (TPSA) is 28.7 Å². The predicted molar refractivity (Wildman–Crippen MR) is 69.9 cm³/mol. The van der Waals surface area contributed by atoms with E-state index in [-0.39, 0.29) is 0 Å². The van der Waals surface area contributed by atoms with Crippen molar-refractivity contribution < 1.29 is 0 Å². The Bertz CT molecular complexity index is 837. The molecule has 2 aromatic carbocycles. The van der Waals surface area contributed by atoms with Crippen LogP contribution >= 0.6 is 0 Å². The summed E-state index contributed by atoms with van der Waals surface area (Å²) in [5.41, 5.74) is 3.09. The fourth-order valence-electron chi connectivity index (χ4n) is 2.40. The van der Waals surface area contributed by atoms with Gasteiger partial charge in [0.15, 0.2) is 0 Å². The molecular formula is C15H9N2. The van der Waals surface area contributed by atoms with Gasteiger partial charge in [-0.25, -0.2) is 4.98 Å². The lowest BCUT2D eigenvalue weighted by Gasteiger charge is -1.99. The number of benzene rings is 2. The zero-order valence-electron chi connectivity index (χ0n) is 9.07. The minimum absolute atomic E-state index is 1.01. The summed E-state index contributed by atoms with van der Waals surface area (Å²) in [6.07, 6.45) is 1.92. The Balaban J connectivity index is 2.38. The lowest BCUT2D eigenvalue weighted by atomic mass is 10.1. The van der Waals surface area contributed by atoms with E-state index < -0.39 is 0 Å². The lowest BCUT2D eigenvalue weighted by Crippen LogP contribution is -1.78. The smallest absolute Gasteiger partial charge is 0.0730 e. The molecule has 79 valence electrons. The number of hydrogen-bond donors (Lipinski definition) is 1. The highest BCUT2D eigenvalue weighted by Gasteiger charge is 2.08. The second-order valence-corrected chi connectivity index (χ2v) is 4.14. The Morgan fingerprint density at radius 1 is 0.941 bits per heavy atom. The van der Waals surface area contributed by atoms with Gasteiger partial charge in [-0.15, -0.1) is 0 Å². The molecule has 1 N–H and O–H groups in total. The first-order valence-electron chi connectivity index (χ1n) is 5.60. The molecule has 0 fully saturated rings. The monoisotopic (exact) mass is 217 g/mol. The van der Waals surface area contributed by atoms with Gasteiger partial charge in [0.25, 0.3) is 0 Å². The van der Waals surface area contributed by atoms with Crippen molar-refractivity contribution in [2.75, 3.05) is 0 Å². The third-order valence-electron chi connectivity index (χ3n) is 3.15. The van der Waals surface area contributed by atoms with Crippen molar-refractivity contribution in [2.45, 2.75) is 0 Å². The molecule has 2 aromatic heterocycles. The number of aromatic amines is 1. The van der Waals surface area contributed by atoms with Crippen molar-refractivity contribution in [1.29, 1.82) is 0 Å². The summed E-state index contributed by atoms with van der Waals surface area (Å²) in [5.74, 6) is 0. The molecule has 0 aliphatic heterocycles. The average molecular weight is 217 g/mol. The van der Waals surface area contributed by atoms with E-state index in [1.807, 2.05) is 30.5 Å². The molecule has 2 heteroatoms. The van der Waals surface area contributed by atoms with Crippen molar-refractivity contribution in [1.82, 2.24) is 9.97 Å². The van der Waals surface area contributed by atoms with E-state index in [1.165, 1.54) is 16.2 Å². The number of nitrogens with one attached hydrogen (secondary N) is 1. The first-order chi connectivity index (χ1) is 8.43. The second kappa shape index (κ2) is 3.08. The molecule has 0 bridgehead atoms. The van der Waals surface area contributed by atoms with Gasteiger partial charge >= 0.3 is 0 Å². The van der Waals surface area contributed by atoms with E-state index in [1.54, 1.807) is 0 Å². The van der Waals surface area contributed by atoms with Crippen LogP contribution in [-0.4, -0.2) is 9.97 Å². The predicted octanol–water partition coefficient (Wildman–Crippen LogP) is 3.67. The summed E-state index contributed by atoms with van der Waals surface area (Å²) in [5, 5.41) is 3.60. The second-order valence-electron chi connectivity index (χ2n) is 4.14. The normalized spacial score (nSPS) is 11.5. The molecule has 1 radical (unpaired) electrons. The average Bonchev–Trinajstić information content (AvgIpc) is 2.77. The third kappa shape index (κ3) is 1.12. The van der Waals surface area contributed by atoms with Crippen LogP contribution in [0.1, 0.15) is 0 Å². The molecule has 4 rings (SSSR count). The summed E-state index contributed by atoms with van der Waals surface area (Å²) >= 11 is 0. The Kier molecular flexibility index (Phi) is 1.59. The molecular weight excluding hydrogens is 208 g/mol. The Morgan fingerprint density at radius 2 is 1.82 bits per heavy atom. The van der Waals surface area contributed by atoms with Crippen LogP contribution in [0.25, 0.3) is 32.7 Å². The number of H-pyrrole nitrogens is 1. The van der Waals surface area contributed by atoms with Crippen molar-refractivity contribution in [2.24, 2.45) is 0 Å². The Labute approximate surface area is 97.9 Å². The number of rotatable bonds is 0. The van der Waals surface area contributed by atoms with Gasteiger partial charge in [-0.1, -0.05) is 24.3 Å². The zero-order valence-corrected chi connectivity index (χ0v) is 9.07. The molecule has 0 saturated carbocycles. The molecule has 0 aliphatic rings. The number of nitrogens with zero attached hydrogens (tertiary/aromatic N) is 1. The molecule has 0 atom stereocenters. The minimum Gasteiger partial charge on any atom is -0.361 e. The third-order valence-corrected chi connectivity index (χ3v) is 3.15. The SMILES string of the molecule is [c]1cc2nc3ccccc3c2c2ccc[nH]c12. The van der Waals surface area contributed by atoms with Crippen LogP contribution in [0.2, 0.25) is 0 Å². The molecule has 0 spiro atoms. The van der Waals surface area contributed by atoms with E-state index in [0.29, 0.717) is 0 Å². The van der Waals surface area contributed by atoms with Gasteiger partial charge in [0, 0.05) is 28.4 Å². The minimum atomic E-state index is 1.01. The molecule has 0 amide bonds. The molecule has 2 nitrogen and oxygen atoms in total. The fourth-order valence-corrected chi connectivity index (χ4v) is 2.40. The van der Waals surface area contributed by atoms with E-state index in [4.69, 9.17) is 0 Å². The summed E-state index contributed by atoms with van der Waals surface area (Å²) in [4.78, 5) is 7.83. The Hall–Kier alpha value is -2.35. The van der Waals surface area contributed by atoms with Crippen molar-refractivity contribution in [3.05, 3.63) is 54.7 Å². The maximum absolute atomic E-state index is 4.62. The van der Waals surface area contributed by atoms with E-state index in [2.05, 4.69) is 34.2 Å². The first kappa shape index (κ1) is 8.76. The largest absolute Gasteiger partial charge is 0.361 e. The van der Waals surface area contributed by atoms with Crippen LogP contribution in [0.3, 0.4) is 0 Å². The number of para-hydroxylation sites is 1. The highest BCUT2D eigenvalue weighted by atomic mass is 14.7. The van der Waals surface area contributed by atoms with Crippen molar-refractivity contribution in [3.8, 4) is 0 Å². The van der Waals surface area contributed by atoms with E-state index in [0.717, 1.165) is 16.6 Å². The van der Waals surface area contributed by atoms with Gasteiger partial charge in [-0.05, 0) is 18.2 Å². The van der Waals surface area contributed by atoms with Gasteiger partial charge in [0.2, 0.25) is 0 Å².